The Labute approximate surface area is 197 Å². The quantitative estimate of drug-likeness (QED) is 0.488. The Bertz CT molecular complexity index is 908. The van der Waals surface area contributed by atoms with Crippen molar-refractivity contribution in [1.82, 2.24) is 10.2 Å². The standard InChI is InChI=1S/C26H35ClN2O3/c1-6-7-15-28-25(31)19(2)29(17-20-11-10-12-21(27)16-20)24(30)18-32-23-14-9-8-13-22(23)26(3,4)5/h8-14,16,19H,6-7,15,17-18H2,1-5H3,(H,28,31)/t19-/m0/s1. The molecule has 2 aromatic carbocycles. The molecule has 0 aliphatic heterocycles. The molecule has 0 heterocycles. The average Bonchev–Trinajstić information content (AvgIpc) is 2.75. The molecule has 0 unspecified atom stereocenters. The van der Waals surface area contributed by atoms with E-state index in [0.717, 1.165) is 24.0 Å². The van der Waals surface area contributed by atoms with Gasteiger partial charge in [0.25, 0.3) is 5.91 Å². The molecular formula is C26H35ClN2O3. The van der Waals surface area contributed by atoms with Gasteiger partial charge in [-0.1, -0.05) is 76.0 Å². The monoisotopic (exact) mass is 458 g/mol. The van der Waals surface area contributed by atoms with Gasteiger partial charge in [-0.2, -0.15) is 0 Å². The first-order valence-corrected chi connectivity index (χ1v) is 11.5. The van der Waals surface area contributed by atoms with E-state index in [1.807, 2.05) is 36.4 Å². The summed E-state index contributed by atoms with van der Waals surface area (Å²) in [4.78, 5) is 27.5. The molecule has 174 valence electrons. The minimum absolute atomic E-state index is 0.118. The van der Waals surface area contributed by atoms with Crippen LogP contribution in [0.4, 0.5) is 0 Å². The highest BCUT2D eigenvalue weighted by Crippen LogP contribution is 2.31. The maximum absolute atomic E-state index is 13.2. The van der Waals surface area contributed by atoms with Crippen molar-refractivity contribution in [3.05, 3.63) is 64.7 Å². The first-order valence-electron chi connectivity index (χ1n) is 11.2. The number of carbonyl (C=O) groups excluding carboxylic acids is 2. The summed E-state index contributed by atoms with van der Waals surface area (Å²) < 4.78 is 5.95. The summed E-state index contributed by atoms with van der Waals surface area (Å²) in [6.45, 7) is 10.8. The topological polar surface area (TPSA) is 58.6 Å². The molecule has 0 aliphatic rings. The molecular weight excluding hydrogens is 424 g/mol. The number of carbonyl (C=O) groups is 2. The van der Waals surface area contributed by atoms with Crippen molar-refractivity contribution in [3.8, 4) is 5.75 Å². The summed E-state index contributed by atoms with van der Waals surface area (Å²) in [5.74, 6) is 0.242. The van der Waals surface area contributed by atoms with Crippen LogP contribution in [-0.4, -0.2) is 35.9 Å². The molecule has 2 rings (SSSR count). The second-order valence-electron chi connectivity index (χ2n) is 9.01. The van der Waals surface area contributed by atoms with Crippen molar-refractivity contribution in [1.29, 1.82) is 0 Å². The number of nitrogens with zero attached hydrogens (tertiary/aromatic N) is 1. The van der Waals surface area contributed by atoms with E-state index in [2.05, 4.69) is 33.0 Å². The Morgan fingerprint density at radius 3 is 2.50 bits per heavy atom. The molecule has 6 heteroatoms. The lowest BCUT2D eigenvalue weighted by molar-refractivity contribution is -0.142. The third kappa shape index (κ3) is 7.56. The van der Waals surface area contributed by atoms with Gasteiger partial charge in [0.05, 0.1) is 0 Å². The maximum atomic E-state index is 13.2. The summed E-state index contributed by atoms with van der Waals surface area (Å²) in [6, 6.07) is 14.4. The molecule has 2 aromatic rings. The number of rotatable bonds is 10. The van der Waals surface area contributed by atoms with Crippen LogP contribution in [0.25, 0.3) is 0 Å². The van der Waals surface area contributed by atoms with Gasteiger partial charge in [0.1, 0.15) is 11.8 Å². The number of benzene rings is 2. The van der Waals surface area contributed by atoms with Gasteiger partial charge >= 0.3 is 0 Å². The zero-order valence-electron chi connectivity index (χ0n) is 19.8. The van der Waals surface area contributed by atoms with Crippen LogP contribution in [-0.2, 0) is 21.5 Å². The summed E-state index contributed by atoms with van der Waals surface area (Å²) in [5.41, 5.74) is 1.76. The van der Waals surface area contributed by atoms with Crippen molar-refractivity contribution < 1.29 is 14.3 Å². The number of halogens is 1. The molecule has 1 atom stereocenters. The van der Waals surface area contributed by atoms with Crippen molar-refractivity contribution in [2.45, 2.75) is 65.5 Å². The van der Waals surface area contributed by atoms with Gasteiger partial charge in [0, 0.05) is 18.1 Å². The van der Waals surface area contributed by atoms with E-state index in [-0.39, 0.29) is 30.4 Å². The smallest absolute Gasteiger partial charge is 0.261 e. The van der Waals surface area contributed by atoms with Gasteiger partial charge in [-0.15, -0.1) is 0 Å². The largest absolute Gasteiger partial charge is 0.483 e. The van der Waals surface area contributed by atoms with Crippen LogP contribution in [0.3, 0.4) is 0 Å². The lowest BCUT2D eigenvalue weighted by Crippen LogP contribution is -2.49. The molecule has 0 aromatic heterocycles. The maximum Gasteiger partial charge on any atom is 0.261 e. The number of hydrogen-bond donors (Lipinski definition) is 1. The molecule has 0 bridgehead atoms. The molecule has 1 N–H and O–H groups in total. The van der Waals surface area contributed by atoms with Crippen molar-refractivity contribution >= 4 is 23.4 Å². The number of hydrogen-bond acceptors (Lipinski definition) is 3. The van der Waals surface area contributed by atoms with Gasteiger partial charge in [0.2, 0.25) is 5.91 Å². The summed E-state index contributed by atoms with van der Waals surface area (Å²) in [5, 5.41) is 3.51. The number of amides is 2. The minimum Gasteiger partial charge on any atom is -0.483 e. The average molecular weight is 459 g/mol. The predicted octanol–water partition coefficient (Wildman–Crippen LogP) is 5.35. The van der Waals surface area contributed by atoms with Crippen LogP contribution < -0.4 is 10.1 Å². The van der Waals surface area contributed by atoms with Gasteiger partial charge in [-0.05, 0) is 48.1 Å². The van der Waals surface area contributed by atoms with E-state index in [4.69, 9.17) is 16.3 Å². The highest BCUT2D eigenvalue weighted by molar-refractivity contribution is 6.30. The fourth-order valence-electron chi connectivity index (χ4n) is 3.39. The van der Waals surface area contributed by atoms with Crippen LogP contribution in [0, 0.1) is 0 Å². The lowest BCUT2D eigenvalue weighted by atomic mass is 9.86. The first-order chi connectivity index (χ1) is 15.1. The van der Waals surface area contributed by atoms with Crippen LogP contribution in [0.2, 0.25) is 5.02 Å². The zero-order chi connectivity index (χ0) is 23.7. The summed E-state index contributed by atoms with van der Waals surface area (Å²) in [6.07, 6.45) is 1.88. The molecule has 0 fully saturated rings. The van der Waals surface area contributed by atoms with E-state index in [1.165, 1.54) is 0 Å². The molecule has 5 nitrogen and oxygen atoms in total. The SMILES string of the molecule is CCCCNC(=O)[C@H](C)N(Cc1cccc(Cl)c1)C(=O)COc1ccccc1C(C)(C)C. The molecule has 0 saturated carbocycles. The Hall–Kier alpha value is -2.53. The highest BCUT2D eigenvalue weighted by atomic mass is 35.5. The molecule has 0 radical (unpaired) electrons. The normalized spacial score (nSPS) is 12.2. The Morgan fingerprint density at radius 2 is 1.84 bits per heavy atom. The van der Waals surface area contributed by atoms with Crippen molar-refractivity contribution in [2.75, 3.05) is 13.2 Å². The Morgan fingerprint density at radius 1 is 1.12 bits per heavy atom. The zero-order valence-corrected chi connectivity index (χ0v) is 20.5. The Balaban J connectivity index is 2.19. The summed E-state index contributed by atoms with van der Waals surface area (Å²) in [7, 11) is 0. The van der Waals surface area contributed by atoms with Gasteiger partial charge in [0.15, 0.2) is 6.61 Å². The van der Waals surface area contributed by atoms with Gasteiger partial charge < -0.3 is 15.0 Å². The Kier molecular flexibility index (Phi) is 9.58. The lowest BCUT2D eigenvalue weighted by Gasteiger charge is -2.29. The number of ether oxygens (including phenoxy) is 1. The molecule has 2 amide bonds. The molecule has 0 saturated heterocycles. The van der Waals surface area contributed by atoms with E-state index in [9.17, 15) is 9.59 Å². The third-order valence-electron chi connectivity index (χ3n) is 5.29. The predicted molar refractivity (Wildman–Crippen MR) is 130 cm³/mol. The third-order valence-corrected chi connectivity index (χ3v) is 5.52. The number of para-hydroxylation sites is 1. The van der Waals surface area contributed by atoms with E-state index >= 15 is 0 Å². The van der Waals surface area contributed by atoms with Crippen molar-refractivity contribution in [2.24, 2.45) is 0 Å². The van der Waals surface area contributed by atoms with Crippen molar-refractivity contribution in [3.63, 3.8) is 0 Å². The number of unbranched alkanes of at least 4 members (excludes halogenated alkanes) is 1. The van der Waals surface area contributed by atoms with E-state index < -0.39 is 6.04 Å². The first kappa shape index (κ1) is 25.7. The minimum atomic E-state index is -0.639. The fraction of sp³-hybridized carbons (Fsp3) is 0.462. The van der Waals surface area contributed by atoms with Crippen LogP contribution >= 0.6 is 11.6 Å². The van der Waals surface area contributed by atoms with E-state index in [0.29, 0.717) is 17.3 Å². The highest BCUT2D eigenvalue weighted by Gasteiger charge is 2.27. The molecule has 0 aliphatic carbocycles. The fourth-order valence-corrected chi connectivity index (χ4v) is 3.60. The van der Waals surface area contributed by atoms with Gasteiger partial charge in [-0.25, -0.2) is 0 Å². The number of nitrogens with one attached hydrogen (secondary N) is 1. The van der Waals surface area contributed by atoms with E-state index in [1.54, 1.807) is 24.0 Å². The van der Waals surface area contributed by atoms with Crippen LogP contribution in [0.15, 0.2) is 48.5 Å². The van der Waals surface area contributed by atoms with Crippen LogP contribution in [0.5, 0.6) is 5.75 Å². The van der Waals surface area contributed by atoms with Crippen LogP contribution in [0.1, 0.15) is 58.6 Å². The second-order valence-corrected chi connectivity index (χ2v) is 9.44. The molecule has 0 spiro atoms. The molecule has 32 heavy (non-hydrogen) atoms. The van der Waals surface area contributed by atoms with Gasteiger partial charge in [-0.3, -0.25) is 9.59 Å². The summed E-state index contributed by atoms with van der Waals surface area (Å²) >= 11 is 6.13. The second kappa shape index (κ2) is 11.9.